The minimum atomic E-state index is -0.549. The Morgan fingerprint density at radius 3 is 2.70 bits per heavy atom. The van der Waals surface area contributed by atoms with Crippen LogP contribution in [-0.4, -0.2) is 22.8 Å². The van der Waals surface area contributed by atoms with Crippen LogP contribution < -0.4 is 11.1 Å². The average molecular weight is 269 g/mol. The summed E-state index contributed by atoms with van der Waals surface area (Å²) in [6.45, 7) is 7.68. The van der Waals surface area contributed by atoms with Gasteiger partial charge in [0.25, 0.3) is 5.91 Å². The van der Waals surface area contributed by atoms with E-state index in [0.717, 1.165) is 0 Å². The Hall–Kier alpha value is -2.56. The maximum Gasteiger partial charge on any atom is 0.259 e. The van der Waals surface area contributed by atoms with Crippen molar-refractivity contribution in [1.82, 2.24) is 10.2 Å². The minimum absolute atomic E-state index is 0.218. The van der Waals surface area contributed by atoms with Crippen molar-refractivity contribution in [3.8, 4) is 0 Å². The fourth-order valence-corrected chi connectivity index (χ4v) is 2.78. The highest BCUT2D eigenvalue weighted by Crippen LogP contribution is 2.38. The summed E-state index contributed by atoms with van der Waals surface area (Å²) in [6, 6.07) is 4.61. The van der Waals surface area contributed by atoms with E-state index in [9.17, 15) is 9.59 Å². The summed E-state index contributed by atoms with van der Waals surface area (Å²) in [5, 5.41) is 2.69. The van der Waals surface area contributed by atoms with Gasteiger partial charge in [0.2, 0.25) is 5.91 Å². The van der Waals surface area contributed by atoms with Crippen LogP contribution in [0.5, 0.6) is 0 Å². The molecule has 1 saturated heterocycles. The molecular formula is C15H15N3O2. The highest BCUT2D eigenvalue weighted by atomic mass is 16.2. The molecule has 1 atom stereocenters. The fraction of sp³-hybridized carbons (Fsp3) is 0.200. The lowest BCUT2D eigenvalue weighted by Gasteiger charge is -2.31. The van der Waals surface area contributed by atoms with Crippen molar-refractivity contribution in [3.63, 3.8) is 0 Å². The molecule has 2 heterocycles. The lowest BCUT2D eigenvalue weighted by Crippen LogP contribution is -2.49. The molecule has 1 aromatic rings. The second-order valence-electron chi connectivity index (χ2n) is 5.04. The molecule has 102 valence electrons. The number of nitrogens with one attached hydrogen (secondary N) is 1. The van der Waals surface area contributed by atoms with Gasteiger partial charge in [0, 0.05) is 22.6 Å². The van der Waals surface area contributed by atoms with Crippen LogP contribution in [0, 0.1) is 0 Å². The summed E-state index contributed by atoms with van der Waals surface area (Å²) in [6.07, 6.45) is 1.20. The van der Waals surface area contributed by atoms with Crippen LogP contribution >= 0.6 is 0 Å². The molecule has 0 radical (unpaired) electrons. The maximum absolute atomic E-state index is 12.5. The first-order chi connectivity index (χ1) is 9.50. The minimum Gasteiger partial charge on any atom is -0.398 e. The van der Waals surface area contributed by atoms with E-state index < -0.39 is 6.04 Å². The zero-order chi connectivity index (χ0) is 14.4. The lowest BCUT2D eigenvalue weighted by molar-refractivity contribution is -0.125. The third-order valence-electron chi connectivity index (χ3n) is 3.76. The van der Waals surface area contributed by atoms with E-state index in [1.165, 1.54) is 4.90 Å². The summed E-state index contributed by atoms with van der Waals surface area (Å²) < 4.78 is 0. The van der Waals surface area contributed by atoms with Crippen molar-refractivity contribution in [1.29, 1.82) is 0 Å². The van der Waals surface area contributed by atoms with E-state index in [-0.39, 0.29) is 11.8 Å². The van der Waals surface area contributed by atoms with Gasteiger partial charge in [0.1, 0.15) is 6.04 Å². The number of anilines is 1. The smallest absolute Gasteiger partial charge is 0.259 e. The Kier molecular flexibility index (Phi) is 2.64. The summed E-state index contributed by atoms with van der Waals surface area (Å²) in [5.74, 6) is -0.438. The van der Waals surface area contributed by atoms with Crippen molar-refractivity contribution < 1.29 is 9.59 Å². The van der Waals surface area contributed by atoms with Gasteiger partial charge in [0.15, 0.2) is 0 Å². The first-order valence-electron chi connectivity index (χ1n) is 6.40. The number of piperidine rings is 1. The first kappa shape index (κ1) is 12.5. The van der Waals surface area contributed by atoms with Crippen molar-refractivity contribution in [3.05, 3.63) is 48.2 Å². The highest BCUT2D eigenvalue weighted by molar-refractivity contribution is 6.13. The Morgan fingerprint density at radius 2 is 2.05 bits per heavy atom. The average Bonchev–Trinajstić information content (AvgIpc) is 2.64. The predicted octanol–water partition coefficient (Wildman–Crippen LogP) is 1.49. The van der Waals surface area contributed by atoms with Gasteiger partial charge in [-0.1, -0.05) is 19.2 Å². The van der Waals surface area contributed by atoms with Crippen molar-refractivity contribution >= 4 is 23.2 Å². The standard InChI is InChI=1S/C15H15N3O2/c1-8-6-7-12(14(19)17-8)18-9(2)13-10(15(18)20)4-3-5-11(13)16/h3-5,12H,1-2,6-7,16H2,(H,17,19). The predicted molar refractivity (Wildman–Crippen MR) is 76.4 cm³/mol. The third-order valence-corrected chi connectivity index (χ3v) is 3.76. The second-order valence-corrected chi connectivity index (χ2v) is 5.04. The fourth-order valence-electron chi connectivity index (χ4n) is 2.78. The van der Waals surface area contributed by atoms with E-state index >= 15 is 0 Å². The molecule has 1 unspecified atom stereocenters. The Balaban J connectivity index is 2.00. The molecule has 1 fully saturated rings. The lowest BCUT2D eigenvalue weighted by atomic mass is 10.0. The molecule has 1 aromatic carbocycles. The Morgan fingerprint density at radius 1 is 1.30 bits per heavy atom. The van der Waals surface area contributed by atoms with Crippen LogP contribution in [0.4, 0.5) is 5.69 Å². The number of nitrogens with two attached hydrogens (primary N) is 1. The Bertz CT molecular complexity index is 663. The van der Waals surface area contributed by atoms with Crippen LogP contribution in [0.2, 0.25) is 0 Å². The van der Waals surface area contributed by atoms with E-state index in [1.54, 1.807) is 18.2 Å². The highest BCUT2D eigenvalue weighted by Gasteiger charge is 2.41. The van der Waals surface area contributed by atoms with Crippen molar-refractivity contribution in [2.45, 2.75) is 18.9 Å². The number of carbonyl (C=O) groups is 2. The molecule has 3 N–H and O–H groups in total. The molecular weight excluding hydrogens is 254 g/mol. The number of nitrogens with zero attached hydrogens (tertiary/aromatic N) is 1. The molecule has 2 amide bonds. The van der Waals surface area contributed by atoms with Crippen LogP contribution in [0.3, 0.4) is 0 Å². The number of rotatable bonds is 1. The topological polar surface area (TPSA) is 75.4 Å². The number of hydrogen-bond donors (Lipinski definition) is 2. The van der Waals surface area contributed by atoms with E-state index in [1.807, 2.05) is 0 Å². The van der Waals surface area contributed by atoms with Gasteiger partial charge >= 0.3 is 0 Å². The van der Waals surface area contributed by atoms with Gasteiger partial charge in [-0.15, -0.1) is 0 Å². The number of hydrogen-bond acceptors (Lipinski definition) is 3. The summed E-state index contributed by atoms with van der Waals surface area (Å²) in [4.78, 5) is 26.0. The maximum atomic E-state index is 12.5. The number of benzene rings is 1. The van der Waals surface area contributed by atoms with Gasteiger partial charge < -0.3 is 11.1 Å². The molecule has 0 spiro atoms. The molecule has 5 heteroatoms. The quantitative estimate of drug-likeness (QED) is 0.758. The molecule has 5 nitrogen and oxygen atoms in total. The number of fused-ring (bicyclic) bond motifs is 1. The monoisotopic (exact) mass is 269 g/mol. The van der Waals surface area contributed by atoms with Crippen LogP contribution in [0.15, 0.2) is 37.1 Å². The molecule has 20 heavy (non-hydrogen) atoms. The van der Waals surface area contributed by atoms with Crippen LogP contribution in [0.1, 0.15) is 28.8 Å². The SMILES string of the molecule is C=C1CCC(N2C(=C)c3c(N)cccc3C2=O)C(=O)N1. The van der Waals surface area contributed by atoms with E-state index in [4.69, 9.17) is 5.73 Å². The van der Waals surface area contributed by atoms with Gasteiger partial charge in [-0.2, -0.15) is 0 Å². The number of amides is 2. The van der Waals surface area contributed by atoms with E-state index in [0.29, 0.717) is 41.1 Å². The molecule has 0 aromatic heterocycles. The number of nitrogen functional groups attached to an aromatic ring is 1. The van der Waals surface area contributed by atoms with Crippen molar-refractivity contribution in [2.24, 2.45) is 0 Å². The first-order valence-corrected chi connectivity index (χ1v) is 6.40. The summed E-state index contributed by atoms with van der Waals surface area (Å²) >= 11 is 0. The molecule has 2 aliphatic rings. The molecule has 2 aliphatic heterocycles. The number of carbonyl (C=O) groups excluding carboxylic acids is 2. The second kappa shape index (κ2) is 4.23. The molecule has 0 aliphatic carbocycles. The zero-order valence-corrected chi connectivity index (χ0v) is 11.0. The van der Waals surface area contributed by atoms with Gasteiger partial charge in [-0.3, -0.25) is 14.5 Å². The molecule has 3 rings (SSSR count). The van der Waals surface area contributed by atoms with E-state index in [2.05, 4.69) is 18.5 Å². The molecule has 0 saturated carbocycles. The van der Waals surface area contributed by atoms with Crippen LogP contribution in [-0.2, 0) is 4.79 Å². The van der Waals surface area contributed by atoms with Crippen molar-refractivity contribution in [2.75, 3.05) is 5.73 Å². The third kappa shape index (κ3) is 1.63. The zero-order valence-electron chi connectivity index (χ0n) is 11.0. The van der Waals surface area contributed by atoms with Gasteiger partial charge in [-0.05, 0) is 25.0 Å². The van der Waals surface area contributed by atoms with Crippen LogP contribution in [0.25, 0.3) is 5.70 Å². The molecule has 0 bridgehead atoms. The Labute approximate surface area is 116 Å². The largest absolute Gasteiger partial charge is 0.398 e. The summed E-state index contributed by atoms with van der Waals surface area (Å²) in [7, 11) is 0. The number of allylic oxidation sites excluding steroid dienone is 1. The van der Waals surface area contributed by atoms with Gasteiger partial charge in [0.05, 0.1) is 5.56 Å². The summed E-state index contributed by atoms with van der Waals surface area (Å²) in [5.41, 5.74) is 8.74. The van der Waals surface area contributed by atoms with Gasteiger partial charge in [-0.25, -0.2) is 0 Å². The normalized spacial score (nSPS) is 22.0.